The first kappa shape index (κ1) is 13.4. The number of ether oxygens (including phenoxy) is 1. The van der Waals surface area contributed by atoms with Gasteiger partial charge in [0.2, 0.25) is 0 Å². The van der Waals surface area contributed by atoms with E-state index in [1.165, 1.54) is 0 Å². The third-order valence-corrected chi connectivity index (χ3v) is 3.43. The molecule has 0 bridgehead atoms. The Hall–Kier alpha value is -2.62. The highest BCUT2D eigenvalue weighted by Crippen LogP contribution is 2.28. The van der Waals surface area contributed by atoms with Crippen molar-refractivity contribution < 1.29 is 4.74 Å². The van der Waals surface area contributed by atoms with Gasteiger partial charge in [-0.1, -0.05) is 0 Å². The van der Waals surface area contributed by atoms with E-state index in [0.717, 1.165) is 34.0 Å². The number of rotatable bonds is 3. The lowest BCUT2D eigenvalue weighted by atomic mass is 10.1. The first-order chi connectivity index (χ1) is 10.2. The average molecular weight is 279 g/mol. The van der Waals surface area contributed by atoms with Gasteiger partial charge in [-0.15, -0.1) is 0 Å². The number of methoxy groups -OCH3 is 1. The van der Waals surface area contributed by atoms with Crippen molar-refractivity contribution in [2.75, 3.05) is 7.11 Å². The van der Waals surface area contributed by atoms with Gasteiger partial charge in [0.25, 0.3) is 0 Å². The monoisotopic (exact) mass is 279 g/mol. The van der Waals surface area contributed by atoms with Crippen LogP contribution in [0.4, 0.5) is 0 Å². The van der Waals surface area contributed by atoms with Crippen LogP contribution in [0.2, 0.25) is 0 Å². The van der Waals surface area contributed by atoms with Gasteiger partial charge in [0.1, 0.15) is 5.75 Å². The van der Waals surface area contributed by atoms with Crippen LogP contribution in [0.25, 0.3) is 16.9 Å². The Morgan fingerprint density at radius 1 is 1.00 bits per heavy atom. The molecule has 0 aliphatic carbocycles. The van der Waals surface area contributed by atoms with Crippen molar-refractivity contribution in [1.82, 2.24) is 14.8 Å². The second kappa shape index (κ2) is 5.40. The Balaban J connectivity index is 2.13. The SMILES string of the molecule is COc1ccc(-c2cc(C)nn2-c2ccncc2)cc1C. The number of aromatic nitrogens is 3. The summed E-state index contributed by atoms with van der Waals surface area (Å²) in [5.41, 5.74) is 5.27. The van der Waals surface area contributed by atoms with E-state index >= 15 is 0 Å². The zero-order chi connectivity index (χ0) is 14.8. The van der Waals surface area contributed by atoms with Crippen molar-refractivity contribution in [2.24, 2.45) is 0 Å². The number of pyridine rings is 1. The maximum absolute atomic E-state index is 5.33. The summed E-state index contributed by atoms with van der Waals surface area (Å²) in [5, 5.41) is 4.59. The van der Waals surface area contributed by atoms with Gasteiger partial charge in [0.05, 0.1) is 24.2 Å². The van der Waals surface area contributed by atoms with E-state index in [1.807, 2.05) is 36.7 Å². The normalized spacial score (nSPS) is 10.6. The standard InChI is InChI=1S/C17H17N3O/c1-12-10-14(4-5-17(12)21-3)16-11-13(2)19-20(16)15-6-8-18-9-7-15/h4-11H,1-3H3. The van der Waals surface area contributed by atoms with Gasteiger partial charge < -0.3 is 4.74 Å². The van der Waals surface area contributed by atoms with Crippen molar-refractivity contribution in [3.63, 3.8) is 0 Å². The largest absolute Gasteiger partial charge is 0.496 e. The summed E-state index contributed by atoms with van der Waals surface area (Å²) < 4.78 is 7.27. The van der Waals surface area contributed by atoms with Crippen molar-refractivity contribution in [1.29, 1.82) is 0 Å². The van der Waals surface area contributed by atoms with Gasteiger partial charge in [-0.25, -0.2) is 4.68 Å². The quantitative estimate of drug-likeness (QED) is 0.736. The summed E-state index contributed by atoms with van der Waals surface area (Å²) in [5.74, 6) is 0.894. The highest BCUT2D eigenvalue weighted by atomic mass is 16.5. The molecule has 0 radical (unpaired) electrons. The molecule has 0 spiro atoms. The third kappa shape index (κ3) is 2.52. The van der Waals surface area contributed by atoms with Gasteiger partial charge in [-0.3, -0.25) is 4.98 Å². The van der Waals surface area contributed by atoms with Crippen LogP contribution in [0.5, 0.6) is 5.75 Å². The maximum Gasteiger partial charge on any atom is 0.121 e. The van der Waals surface area contributed by atoms with Crippen LogP contribution in [0.15, 0.2) is 48.8 Å². The molecular weight excluding hydrogens is 262 g/mol. The number of aryl methyl sites for hydroxylation is 2. The minimum Gasteiger partial charge on any atom is -0.496 e. The van der Waals surface area contributed by atoms with Gasteiger partial charge in [-0.2, -0.15) is 5.10 Å². The lowest BCUT2D eigenvalue weighted by Crippen LogP contribution is -1.99. The zero-order valence-corrected chi connectivity index (χ0v) is 12.4. The fraction of sp³-hybridized carbons (Fsp3) is 0.176. The van der Waals surface area contributed by atoms with E-state index in [9.17, 15) is 0 Å². The Kier molecular flexibility index (Phi) is 3.44. The molecule has 3 rings (SSSR count). The molecule has 0 aliphatic heterocycles. The Morgan fingerprint density at radius 2 is 1.76 bits per heavy atom. The molecule has 21 heavy (non-hydrogen) atoms. The maximum atomic E-state index is 5.33. The van der Waals surface area contributed by atoms with Crippen LogP contribution in [-0.4, -0.2) is 21.9 Å². The summed E-state index contributed by atoms with van der Waals surface area (Å²) >= 11 is 0. The second-order valence-corrected chi connectivity index (χ2v) is 4.97. The van der Waals surface area contributed by atoms with Crippen molar-refractivity contribution in [2.45, 2.75) is 13.8 Å². The van der Waals surface area contributed by atoms with Crippen LogP contribution in [0.1, 0.15) is 11.3 Å². The van der Waals surface area contributed by atoms with Crippen LogP contribution in [0, 0.1) is 13.8 Å². The highest BCUT2D eigenvalue weighted by Gasteiger charge is 2.11. The summed E-state index contributed by atoms with van der Waals surface area (Å²) in [6.45, 7) is 4.04. The molecule has 0 amide bonds. The van der Waals surface area contributed by atoms with Crippen molar-refractivity contribution in [3.05, 3.63) is 60.0 Å². The first-order valence-electron chi connectivity index (χ1n) is 6.81. The van der Waals surface area contributed by atoms with E-state index < -0.39 is 0 Å². The molecule has 0 aliphatic rings. The van der Waals surface area contributed by atoms with E-state index in [2.05, 4.69) is 28.3 Å². The van der Waals surface area contributed by atoms with Gasteiger partial charge in [0, 0.05) is 18.0 Å². The van der Waals surface area contributed by atoms with E-state index in [0.29, 0.717) is 0 Å². The molecule has 0 N–H and O–H groups in total. The molecule has 0 saturated heterocycles. The Morgan fingerprint density at radius 3 is 2.43 bits per heavy atom. The van der Waals surface area contributed by atoms with Gasteiger partial charge in [0.15, 0.2) is 0 Å². The molecule has 0 fully saturated rings. The van der Waals surface area contributed by atoms with Crippen LogP contribution in [-0.2, 0) is 0 Å². The minimum atomic E-state index is 0.894. The number of hydrogen-bond donors (Lipinski definition) is 0. The molecule has 4 nitrogen and oxygen atoms in total. The summed E-state index contributed by atoms with van der Waals surface area (Å²) in [6.07, 6.45) is 3.55. The molecule has 0 saturated carbocycles. The number of hydrogen-bond acceptors (Lipinski definition) is 3. The summed E-state index contributed by atoms with van der Waals surface area (Å²) in [4.78, 5) is 4.06. The van der Waals surface area contributed by atoms with E-state index in [-0.39, 0.29) is 0 Å². The molecule has 2 aromatic heterocycles. The molecule has 1 aromatic carbocycles. The highest BCUT2D eigenvalue weighted by molar-refractivity contribution is 5.65. The van der Waals surface area contributed by atoms with Crippen LogP contribution < -0.4 is 4.74 Å². The number of benzene rings is 1. The molecule has 3 aromatic rings. The van der Waals surface area contributed by atoms with Crippen molar-refractivity contribution in [3.8, 4) is 22.7 Å². The summed E-state index contributed by atoms with van der Waals surface area (Å²) in [7, 11) is 1.69. The molecular formula is C17H17N3O. The predicted molar refractivity (Wildman–Crippen MR) is 82.8 cm³/mol. The number of nitrogens with zero attached hydrogens (tertiary/aromatic N) is 3. The molecule has 0 atom stereocenters. The van der Waals surface area contributed by atoms with Crippen LogP contribution >= 0.6 is 0 Å². The predicted octanol–water partition coefficient (Wildman–Crippen LogP) is 3.56. The van der Waals surface area contributed by atoms with Crippen molar-refractivity contribution >= 4 is 0 Å². The smallest absolute Gasteiger partial charge is 0.121 e. The second-order valence-electron chi connectivity index (χ2n) is 4.97. The van der Waals surface area contributed by atoms with E-state index in [4.69, 9.17) is 4.74 Å². The molecule has 2 heterocycles. The first-order valence-corrected chi connectivity index (χ1v) is 6.81. The van der Waals surface area contributed by atoms with Gasteiger partial charge in [-0.05, 0) is 55.8 Å². The van der Waals surface area contributed by atoms with Gasteiger partial charge >= 0.3 is 0 Å². The average Bonchev–Trinajstić information content (AvgIpc) is 2.90. The topological polar surface area (TPSA) is 39.9 Å². The third-order valence-electron chi connectivity index (χ3n) is 3.43. The zero-order valence-electron chi connectivity index (χ0n) is 12.4. The van der Waals surface area contributed by atoms with Crippen LogP contribution in [0.3, 0.4) is 0 Å². The lowest BCUT2D eigenvalue weighted by molar-refractivity contribution is 0.412. The fourth-order valence-corrected chi connectivity index (χ4v) is 2.42. The van der Waals surface area contributed by atoms with E-state index in [1.54, 1.807) is 19.5 Å². The minimum absolute atomic E-state index is 0.894. The lowest BCUT2D eigenvalue weighted by Gasteiger charge is -2.10. The Labute approximate surface area is 124 Å². The molecule has 4 heteroatoms. The molecule has 106 valence electrons. The fourth-order valence-electron chi connectivity index (χ4n) is 2.42. The molecule has 0 unspecified atom stereocenters. The summed E-state index contributed by atoms with van der Waals surface area (Å²) in [6, 6.07) is 12.1. The Bertz CT molecular complexity index is 763.